The van der Waals surface area contributed by atoms with Crippen LogP contribution in [0.5, 0.6) is 0 Å². The Kier molecular flexibility index (Phi) is 4.29. The van der Waals surface area contributed by atoms with E-state index in [1.54, 1.807) is 0 Å². The molecule has 16 heavy (non-hydrogen) atoms. The third-order valence-electron chi connectivity index (χ3n) is 2.48. The van der Waals surface area contributed by atoms with Crippen molar-refractivity contribution in [1.29, 1.82) is 0 Å². The van der Waals surface area contributed by atoms with Gasteiger partial charge in [0.1, 0.15) is 0 Å². The fourth-order valence-electron chi connectivity index (χ4n) is 1.46. The van der Waals surface area contributed by atoms with Gasteiger partial charge in [0.2, 0.25) is 0 Å². The van der Waals surface area contributed by atoms with Crippen LogP contribution in [0.25, 0.3) is 0 Å². The maximum Gasteiger partial charge on any atom is 0.307 e. The lowest BCUT2D eigenvalue weighted by Gasteiger charge is -2.05. The van der Waals surface area contributed by atoms with Crippen LogP contribution in [-0.2, 0) is 16.0 Å². The maximum atomic E-state index is 10.6. The minimum atomic E-state index is -0.278. The molecule has 1 rings (SSSR count). The average Bonchev–Trinajstić information content (AvgIpc) is 2.21. The lowest BCUT2D eigenvalue weighted by Crippen LogP contribution is -1.94. The van der Waals surface area contributed by atoms with E-state index >= 15 is 0 Å². The van der Waals surface area contributed by atoms with Gasteiger partial charge in [-0.05, 0) is 49.5 Å². The van der Waals surface area contributed by atoms with E-state index in [-0.39, 0.29) is 5.97 Å². The molecule has 0 aliphatic rings. The van der Waals surface area contributed by atoms with Crippen LogP contribution in [0.3, 0.4) is 0 Å². The Labute approximate surface area is 96.9 Å². The van der Waals surface area contributed by atoms with E-state index in [0.717, 1.165) is 12.0 Å². The summed E-state index contributed by atoms with van der Waals surface area (Å²) in [6.45, 7) is 7.56. The Bertz CT molecular complexity index is 417. The van der Waals surface area contributed by atoms with Crippen molar-refractivity contribution in [3.05, 3.63) is 46.7 Å². The van der Waals surface area contributed by atoms with E-state index in [4.69, 9.17) is 4.74 Å². The number of ether oxygens (including phenoxy) is 1. The van der Waals surface area contributed by atoms with Gasteiger partial charge in [-0.25, -0.2) is 0 Å². The number of carbonyl (C=O) groups excluding carboxylic acids is 1. The first-order chi connectivity index (χ1) is 7.49. The molecule has 0 bridgehead atoms. The zero-order valence-electron chi connectivity index (χ0n) is 10.3. The van der Waals surface area contributed by atoms with Gasteiger partial charge in [0.25, 0.3) is 0 Å². The molecule has 1 aromatic carbocycles. The molecule has 0 saturated heterocycles. The lowest BCUT2D eigenvalue weighted by atomic mass is 10.0. The van der Waals surface area contributed by atoms with Gasteiger partial charge in [-0.15, -0.1) is 0 Å². The Morgan fingerprint density at radius 3 is 2.50 bits per heavy atom. The predicted octanol–water partition coefficient (Wildman–Crippen LogP) is 3.31. The second kappa shape index (κ2) is 5.50. The molecule has 0 saturated carbocycles. The van der Waals surface area contributed by atoms with E-state index < -0.39 is 0 Å². The predicted molar refractivity (Wildman–Crippen MR) is 65.1 cm³/mol. The first-order valence-electron chi connectivity index (χ1n) is 5.38. The third-order valence-corrected chi connectivity index (χ3v) is 2.48. The zero-order chi connectivity index (χ0) is 12.1. The Morgan fingerprint density at radius 2 is 1.94 bits per heavy atom. The molecule has 0 amide bonds. The number of allylic oxidation sites excluding steroid dienone is 1. The summed E-state index contributed by atoms with van der Waals surface area (Å²) in [7, 11) is 0. The SMILES string of the molecule is CC(=O)O/C=C(\C)Cc1ccc(C)c(C)c1. The summed E-state index contributed by atoms with van der Waals surface area (Å²) in [4.78, 5) is 10.6. The summed E-state index contributed by atoms with van der Waals surface area (Å²) >= 11 is 0. The van der Waals surface area contributed by atoms with Crippen molar-refractivity contribution < 1.29 is 9.53 Å². The number of carbonyl (C=O) groups is 1. The van der Waals surface area contributed by atoms with E-state index in [9.17, 15) is 4.79 Å². The summed E-state index contributed by atoms with van der Waals surface area (Å²) < 4.78 is 4.83. The number of rotatable bonds is 3. The minimum Gasteiger partial charge on any atom is -0.435 e. The van der Waals surface area contributed by atoms with Crippen molar-refractivity contribution in [2.75, 3.05) is 0 Å². The van der Waals surface area contributed by atoms with Crippen LogP contribution in [0.1, 0.15) is 30.5 Å². The number of aryl methyl sites for hydroxylation is 2. The van der Waals surface area contributed by atoms with Crippen molar-refractivity contribution in [1.82, 2.24) is 0 Å². The molecule has 2 heteroatoms. The van der Waals surface area contributed by atoms with Crippen LogP contribution in [-0.4, -0.2) is 5.97 Å². The summed E-state index contributed by atoms with van der Waals surface area (Å²) in [5.41, 5.74) is 4.87. The van der Waals surface area contributed by atoms with E-state index in [1.807, 2.05) is 6.92 Å². The molecule has 0 spiro atoms. The average molecular weight is 218 g/mol. The maximum absolute atomic E-state index is 10.6. The lowest BCUT2D eigenvalue weighted by molar-refractivity contribution is -0.135. The molecule has 0 N–H and O–H groups in total. The van der Waals surface area contributed by atoms with Crippen molar-refractivity contribution in [3.63, 3.8) is 0 Å². The van der Waals surface area contributed by atoms with Crippen LogP contribution in [0.2, 0.25) is 0 Å². The standard InChI is InChI=1S/C14H18O2/c1-10(9-16-13(4)15)7-14-6-5-11(2)12(3)8-14/h5-6,8-9H,7H2,1-4H3/b10-9+. The molecule has 0 aromatic heterocycles. The molecule has 0 heterocycles. The normalized spacial score (nSPS) is 11.4. The highest BCUT2D eigenvalue weighted by Crippen LogP contribution is 2.13. The van der Waals surface area contributed by atoms with Crippen LogP contribution >= 0.6 is 0 Å². The van der Waals surface area contributed by atoms with Gasteiger partial charge in [0, 0.05) is 6.92 Å². The van der Waals surface area contributed by atoms with Gasteiger partial charge in [-0.2, -0.15) is 0 Å². The molecule has 0 aliphatic heterocycles. The van der Waals surface area contributed by atoms with Crippen LogP contribution in [0.4, 0.5) is 0 Å². The summed E-state index contributed by atoms with van der Waals surface area (Å²) in [5.74, 6) is -0.278. The molecule has 0 atom stereocenters. The minimum absolute atomic E-state index is 0.278. The van der Waals surface area contributed by atoms with Crippen LogP contribution in [0, 0.1) is 13.8 Å². The summed E-state index contributed by atoms with van der Waals surface area (Å²) in [6.07, 6.45) is 2.34. The van der Waals surface area contributed by atoms with Crippen molar-refractivity contribution in [3.8, 4) is 0 Å². The van der Waals surface area contributed by atoms with Gasteiger partial charge in [0.05, 0.1) is 6.26 Å². The van der Waals surface area contributed by atoms with Gasteiger partial charge in [-0.3, -0.25) is 4.79 Å². The van der Waals surface area contributed by atoms with Gasteiger partial charge in [0.15, 0.2) is 0 Å². The monoisotopic (exact) mass is 218 g/mol. The zero-order valence-corrected chi connectivity index (χ0v) is 10.3. The molecule has 0 unspecified atom stereocenters. The Balaban J connectivity index is 2.69. The van der Waals surface area contributed by atoms with Gasteiger partial charge in [-0.1, -0.05) is 18.2 Å². The van der Waals surface area contributed by atoms with Crippen molar-refractivity contribution >= 4 is 5.97 Å². The molecular weight excluding hydrogens is 200 g/mol. The molecule has 1 aromatic rings. The Morgan fingerprint density at radius 1 is 1.25 bits per heavy atom. The highest BCUT2D eigenvalue weighted by atomic mass is 16.5. The highest BCUT2D eigenvalue weighted by molar-refractivity contribution is 5.66. The smallest absolute Gasteiger partial charge is 0.307 e. The van der Waals surface area contributed by atoms with Crippen LogP contribution in [0.15, 0.2) is 30.0 Å². The fourth-order valence-corrected chi connectivity index (χ4v) is 1.46. The molecule has 0 radical (unpaired) electrons. The number of hydrogen-bond acceptors (Lipinski definition) is 2. The number of esters is 1. The number of hydrogen-bond donors (Lipinski definition) is 0. The molecule has 0 fully saturated rings. The quantitative estimate of drug-likeness (QED) is 0.574. The van der Waals surface area contributed by atoms with E-state index in [2.05, 4.69) is 32.0 Å². The Hall–Kier alpha value is -1.57. The first kappa shape index (κ1) is 12.5. The first-order valence-corrected chi connectivity index (χ1v) is 5.38. The largest absolute Gasteiger partial charge is 0.435 e. The molecular formula is C14H18O2. The molecule has 86 valence electrons. The second-order valence-corrected chi connectivity index (χ2v) is 4.17. The third kappa shape index (κ3) is 3.89. The topological polar surface area (TPSA) is 26.3 Å². The summed E-state index contributed by atoms with van der Waals surface area (Å²) in [6, 6.07) is 6.39. The molecule has 2 nitrogen and oxygen atoms in total. The van der Waals surface area contributed by atoms with Gasteiger partial charge >= 0.3 is 5.97 Å². The summed E-state index contributed by atoms with van der Waals surface area (Å²) in [5, 5.41) is 0. The molecule has 0 aliphatic carbocycles. The second-order valence-electron chi connectivity index (χ2n) is 4.17. The van der Waals surface area contributed by atoms with Crippen molar-refractivity contribution in [2.24, 2.45) is 0 Å². The fraction of sp³-hybridized carbons (Fsp3) is 0.357. The van der Waals surface area contributed by atoms with E-state index in [1.165, 1.54) is 29.9 Å². The highest BCUT2D eigenvalue weighted by Gasteiger charge is 1.99. The van der Waals surface area contributed by atoms with Gasteiger partial charge < -0.3 is 4.74 Å². The van der Waals surface area contributed by atoms with Crippen molar-refractivity contribution in [2.45, 2.75) is 34.1 Å². The van der Waals surface area contributed by atoms with E-state index in [0.29, 0.717) is 0 Å². The van der Waals surface area contributed by atoms with Crippen LogP contribution < -0.4 is 0 Å². The number of benzene rings is 1.